The SMILES string of the molecule is Cc1ccc(C(=O)O)cc1[B-](F)(F)F.[K+]. The van der Waals surface area contributed by atoms with Crippen LogP contribution in [0.2, 0.25) is 0 Å². The van der Waals surface area contributed by atoms with E-state index < -0.39 is 18.4 Å². The zero-order valence-electron chi connectivity index (χ0n) is 8.30. The van der Waals surface area contributed by atoms with Crippen molar-refractivity contribution in [3.05, 3.63) is 29.3 Å². The van der Waals surface area contributed by atoms with Crippen molar-refractivity contribution in [1.82, 2.24) is 0 Å². The number of carboxylic acids is 1. The average molecular weight is 242 g/mol. The Labute approximate surface area is 127 Å². The number of aryl methyl sites for hydroxylation is 1. The molecule has 0 aliphatic heterocycles. The summed E-state index contributed by atoms with van der Waals surface area (Å²) in [6.07, 6.45) is 0. The third-order valence-corrected chi connectivity index (χ3v) is 1.88. The van der Waals surface area contributed by atoms with Gasteiger partial charge < -0.3 is 18.1 Å². The van der Waals surface area contributed by atoms with Crippen molar-refractivity contribution >= 4 is 18.4 Å². The van der Waals surface area contributed by atoms with Crippen LogP contribution in [0.5, 0.6) is 0 Å². The molecule has 0 unspecified atom stereocenters. The molecular formula is C8H7BF3KO2. The molecule has 0 saturated carbocycles. The van der Waals surface area contributed by atoms with E-state index in [2.05, 4.69) is 0 Å². The van der Waals surface area contributed by atoms with E-state index in [1.54, 1.807) is 0 Å². The second-order valence-electron chi connectivity index (χ2n) is 2.95. The first-order valence-electron chi connectivity index (χ1n) is 3.86. The predicted molar refractivity (Wildman–Crippen MR) is 46.9 cm³/mol. The monoisotopic (exact) mass is 242 g/mol. The Morgan fingerprint density at radius 3 is 2.27 bits per heavy atom. The topological polar surface area (TPSA) is 37.3 Å². The van der Waals surface area contributed by atoms with Gasteiger partial charge in [0, 0.05) is 0 Å². The Kier molecular flexibility index (Phi) is 5.56. The maximum Gasteiger partial charge on any atom is 1.00 e. The van der Waals surface area contributed by atoms with E-state index in [1.165, 1.54) is 6.92 Å². The van der Waals surface area contributed by atoms with Crippen LogP contribution in [0.3, 0.4) is 0 Å². The minimum Gasteiger partial charge on any atom is -0.478 e. The molecule has 0 aromatic heterocycles. The number of benzene rings is 1. The number of rotatable bonds is 2. The summed E-state index contributed by atoms with van der Waals surface area (Å²) in [4.78, 5) is 10.4. The molecule has 0 aliphatic carbocycles. The van der Waals surface area contributed by atoms with Crippen molar-refractivity contribution in [1.29, 1.82) is 0 Å². The fourth-order valence-corrected chi connectivity index (χ4v) is 1.13. The van der Waals surface area contributed by atoms with Crippen molar-refractivity contribution in [2.24, 2.45) is 0 Å². The number of carbonyl (C=O) groups is 1. The molecule has 0 saturated heterocycles. The van der Waals surface area contributed by atoms with Gasteiger partial charge in [-0.1, -0.05) is 17.7 Å². The van der Waals surface area contributed by atoms with Crippen LogP contribution in [0.15, 0.2) is 18.2 Å². The molecule has 0 spiro atoms. The number of halogens is 3. The van der Waals surface area contributed by atoms with Gasteiger partial charge in [0.15, 0.2) is 0 Å². The Balaban J connectivity index is 0.00000196. The fraction of sp³-hybridized carbons (Fsp3) is 0.125. The number of hydrogen-bond acceptors (Lipinski definition) is 1. The van der Waals surface area contributed by atoms with Gasteiger partial charge in [-0.2, -0.15) is 0 Å². The van der Waals surface area contributed by atoms with Crippen molar-refractivity contribution in [2.45, 2.75) is 6.92 Å². The molecule has 1 N–H and O–H groups in total. The van der Waals surface area contributed by atoms with Crippen LogP contribution >= 0.6 is 0 Å². The predicted octanol–water partition coefficient (Wildman–Crippen LogP) is -1.25. The quantitative estimate of drug-likeness (QED) is 0.658. The maximum absolute atomic E-state index is 12.4. The largest absolute Gasteiger partial charge is 1.00 e. The molecule has 15 heavy (non-hydrogen) atoms. The summed E-state index contributed by atoms with van der Waals surface area (Å²) in [5.41, 5.74) is -1.14. The van der Waals surface area contributed by atoms with Crippen LogP contribution in [0.4, 0.5) is 12.9 Å². The Morgan fingerprint density at radius 1 is 1.33 bits per heavy atom. The third kappa shape index (κ3) is 3.92. The minimum atomic E-state index is -5.14. The molecule has 1 aromatic carbocycles. The molecule has 76 valence electrons. The second kappa shape index (κ2) is 5.49. The number of carboxylic acid groups (broad SMARTS) is 1. The third-order valence-electron chi connectivity index (χ3n) is 1.88. The summed E-state index contributed by atoms with van der Waals surface area (Å²) in [7, 11) is 0. The molecule has 7 heteroatoms. The molecule has 0 heterocycles. The summed E-state index contributed by atoms with van der Waals surface area (Å²) in [5.74, 6) is -1.36. The molecule has 0 atom stereocenters. The van der Waals surface area contributed by atoms with Crippen LogP contribution in [-0.4, -0.2) is 18.1 Å². The van der Waals surface area contributed by atoms with E-state index in [9.17, 15) is 17.7 Å². The first kappa shape index (κ1) is 15.2. The maximum atomic E-state index is 12.4. The summed E-state index contributed by atoms with van der Waals surface area (Å²) >= 11 is 0. The second-order valence-corrected chi connectivity index (χ2v) is 2.95. The van der Waals surface area contributed by atoms with E-state index in [1.807, 2.05) is 0 Å². The van der Waals surface area contributed by atoms with Crippen LogP contribution in [0, 0.1) is 6.92 Å². The molecule has 1 aromatic rings. The Hall–Kier alpha value is 0.181. The van der Waals surface area contributed by atoms with Gasteiger partial charge in [-0.05, 0) is 13.0 Å². The zero-order chi connectivity index (χ0) is 10.9. The van der Waals surface area contributed by atoms with E-state index in [-0.39, 0.29) is 62.5 Å². The van der Waals surface area contributed by atoms with Gasteiger partial charge in [-0.3, -0.25) is 0 Å². The van der Waals surface area contributed by atoms with Crippen molar-refractivity contribution < 1.29 is 74.2 Å². The van der Waals surface area contributed by atoms with E-state index in [0.29, 0.717) is 6.07 Å². The Morgan fingerprint density at radius 2 is 1.87 bits per heavy atom. The van der Waals surface area contributed by atoms with Gasteiger partial charge in [0.05, 0.1) is 5.56 Å². The summed E-state index contributed by atoms with van der Waals surface area (Å²) in [6, 6.07) is 2.98. The van der Waals surface area contributed by atoms with Gasteiger partial charge in [-0.25, -0.2) is 4.79 Å². The van der Waals surface area contributed by atoms with E-state index in [0.717, 1.165) is 12.1 Å². The van der Waals surface area contributed by atoms with Crippen LogP contribution in [0.25, 0.3) is 0 Å². The Bertz CT molecular complexity index is 379. The van der Waals surface area contributed by atoms with E-state index >= 15 is 0 Å². The first-order valence-corrected chi connectivity index (χ1v) is 3.86. The molecule has 2 nitrogen and oxygen atoms in total. The first-order chi connectivity index (χ1) is 6.32. The van der Waals surface area contributed by atoms with Crippen molar-refractivity contribution in [2.75, 3.05) is 0 Å². The average Bonchev–Trinajstić information content (AvgIpc) is 2.02. The molecule has 0 bridgehead atoms. The van der Waals surface area contributed by atoms with Crippen LogP contribution in [-0.2, 0) is 0 Å². The van der Waals surface area contributed by atoms with Crippen LogP contribution in [0.1, 0.15) is 15.9 Å². The number of hydrogen-bond donors (Lipinski definition) is 1. The van der Waals surface area contributed by atoms with Crippen molar-refractivity contribution in [3.63, 3.8) is 0 Å². The van der Waals surface area contributed by atoms with Gasteiger partial charge >= 0.3 is 64.3 Å². The van der Waals surface area contributed by atoms with E-state index in [4.69, 9.17) is 5.11 Å². The smallest absolute Gasteiger partial charge is 0.478 e. The normalized spacial score (nSPS) is 10.7. The summed E-state index contributed by atoms with van der Waals surface area (Å²) in [5, 5.41) is 8.51. The molecule has 0 fully saturated rings. The fourth-order valence-electron chi connectivity index (χ4n) is 1.13. The zero-order valence-corrected chi connectivity index (χ0v) is 11.4. The molecule has 0 aliphatic rings. The number of aromatic carboxylic acids is 1. The van der Waals surface area contributed by atoms with Gasteiger partial charge in [-0.15, -0.1) is 5.46 Å². The summed E-state index contributed by atoms with van der Waals surface area (Å²) in [6.45, 7) is -3.84. The van der Waals surface area contributed by atoms with Gasteiger partial charge in [0.1, 0.15) is 0 Å². The molecule has 0 amide bonds. The standard InChI is InChI=1S/C8H7BF3O2.K/c1-5-2-3-6(8(13)14)4-7(5)9(10,11)12;/h2-4H,1H3,(H,13,14);/q-1;+1. The van der Waals surface area contributed by atoms with Crippen molar-refractivity contribution in [3.8, 4) is 0 Å². The summed E-state index contributed by atoms with van der Waals surface area (Å²) < 4.78 is 37.1. The minimum absolute atomic E-state index is 0. The van der Waals surface area contributed by atoms with Gasteiger partial charge in [0.2, 0.25) is 0 Å². The van der Waals surface area contributed by atoms with Crippen LogP contribution < -0.4 is 56.8 Å². The molecule has 0 radical (unpaired) electrons. The van der Waals surface area contributed by atoms with Gasteiger partial charge in [0.25, 0.3) is 0 Å². The molecular weight excluding hydrogens is 235 g/mol. The molecule has 1 rings (SSSR count).